The van der Waals surface area contributed by atoms with E-state index in [4.69, 9.17) is 4.74 Å². The molecule has 33 heavy (non-hydrogen) atoms. The van der Waals surface area contributed by atoms with E-state index in [2.05, 4.69) is 4.98 Å². The number of rotatable bonds is 6. The molecule has 3 aromatic rings. The zero-order valence-corrected chi connectivity index (χ0v) is 18.9. The second kappa shape index (κ2) is 8.28. The standard InChI is InChI=1S/C26H27F4NO2/c1-16-11-21-17(5-4-6-19(21)14-31-16)7-9-25(32,26(28,29)30)15-24(2,3)22-13-20(27)12-18-8-10-33-23(18)22/h4-6,11-14,32H,7-10,15H2,1-3H3/t25-/m1/s1. The summed E-state index contributed by atoms with van der Waals surface area (Å²) in [5, 5.41) is 12.6. The largest absolute Gasteiger partial charge is 0.493 e. The van der Waals surface area contributed by atoms with Crippen molar-refractivity contribution >= 4 is 10.8 Å². The maximum absolute atomic E-state index is 14.2. The summed E-state index contributed by atoms with van der Waals surface area (Å²) >= 11 is 0. The molecule has 0 saturated carbocycles. The van der Waals surface area contributed by atoms with Gasteiger partial charge in [0.05, 0.1) is 6.61 Å². The summed E-state index contributed by atoms with van der Waals surface area (Å²) in [5.41, 5.74) is -1.66. The zero-order chi connectivity index (χ0) is 24.0. The summed E-state index contributed by atoms with van der Waals surface area (Å²) in [4.78, 5) is 4.24. The van der Waals surface area contributed by atoms with Crippen molar-refractivity contribution in [1.29, 1.82) is 0 Å². The van der Waals surface area contributed by atoms with Crippen LogP contribution in [0.5, 0.6) is 5.75 Å². The summed E-state index contributed by atoms with van der Waals surface area (Å²) in [6.07, 6.45) is -3.76. The SMILES string of the molecule is Cc1cc2c(CC[C@@](O)(CC(C)(C)c3cc(F)cc4c3OCC4)C(F)(F)F)cccc2cn1. The van der Waals surface area contributed by atoms with Gasteiger partial charge >= 0.3 is 6.18 Å². The number of aliphatic hydroxyl groups is 1. The van der Waals surface area contributed by atoms with E-state index in [1.807, 2.05) is 19.1 Å². The number of hydrogen-bond acceptors (Lipinski definition) is 3. The second-order valence-corrected chi connectivity index (χ2v) is 9.59. The summed E-state index contributed by atoms with van der Waals surface area (Å²) in [5.74, 6) is -0.0828. The lowest BCUT2D eigenvalue weighted by Gasteiger charge is -2.38. The highest BCUT2D eigenvalue weighted by Crippen LogP contribution is 2.47. The molecule has 3 nitrogen and oxygen atoms in total. The van der Waals surface area contributed by atoms with E-state index in [1.54, 1.807) is 32.2 Å². The lowest BCUT2D eigenvalue weighted by Crippen LogP contribution is -2.49. The predicted octanol–water partition coefficient (Wildman–Crippen LogP) is 6.21. The van der Waals surface area contributed by atoms with Crippen LogP contribution in [0.1, 0.15) is 49.1 Å². The maximum atomic E-state index is 14.2. The Morgan fingerprint density at radius 2 is 1.88 bits per heavy atom. The van der Waals surface area contributed by atoms with Crippen molar-refractivity contribution < 1.29 is 27.4 Å². The molecule has 0 saturated heterocycles. The van der Waals surface area contributed by atoms with Gasteiger partial charge in [0.1, 0.15) is 11.6 Å². The average Bonchev–Trinajstić information content (AvgIpc) is 3.18. The van der Waals surface area contributed by atoms with E-state index in [0.717, 1.165) is 16.5 Å². The molecule has 4 rings (SSSR count). The molecule has 0 spiro atoms. The summed E-state index contributed by atoms with van der Waals surface area (Å²) < 4.78 is 62.5. The molecular weight excluding hydrogens is 434 g/mol. The third kappa shape index (κ3) is 4.56. The fourth-order valence-electron chi connectivity index (χ4n) is 4.83. The summed E-state index contributed by atoms with van der Waals surface area (Å²) in [7, 11) is 0. The van der Waals surface area contributed by atoms with E-state index in [1.165, 1.54) is 12.1 Å². The Morgan fingerprint density at radius 1 is 1.12 bits per heavy atom. The Hall–Kier alpha value is -2.67. The minimum Gasteiger partial charge on any atom is -0.493 e. The van der Waals surface area contributed by atoms with Gasteiger partial charge in [0.2, 0.25) is 0 Å². The number of hydrogen-bond donors (Lipinski definition) is 1. The van der Waals surface area contributed by atoms with Gasteiger partial charge in [-0.25, -0.2) is 4.39 Å². The lowest BCUT2D eigenvalue weighted by molar-refractivity contribution is -0.269. The van der Waals surface area contributed by atoms with Crippen molar-refractivity contribution in [3.63, 3.8) is 0 Å². The van der Waals surface area contributed by atoms with Gasteiger partial charge in [-0.15, -0.1) is 0 Å². The third-order valence-corrected chi connectivity index (χ3v) is 6.54. The minimum atomic E-state index is -4.86. The van der Waals surface area contributed by atoms with Gasteiger partial charge in [0, 0.05) is 34.8 Å². The number of benzene rings is 2. The van der Waals surface area contributed by atoms with E-state index in [9.17, 15) is 22.7 Å². The first kappa shape index (κ1) is 23.5. The number of aromatic nitrogens is 1. The van der Waals surface area contributed by atoms with Gasteiger partial charge in [-0.2, -0.15) is 13.2 Å². The Balaban J connectivity index is 1.66. The van der Waals surface area contributed by atoms with Crippen molar-refractivity contribution in [3.8, 4) is 5.75 Å². The summed E-state index contributed by atoms with van der Waals surface area (Å²) in [6, 6.07) is 9.83. The second-order valence-electron chi connectivity index (χ2n) is 9.59. The van der Waals surface area contributed by atoms with E-state index in [0.29, 0.717) is 35.5 Å². The molecule has 0 amide bonds. The first-order valence-corrected chi connectivity index (χ1v) is 11.0. The molecule has 1 N–H and O–H groups in total. The van der Waals surface area contributed by atoms with Crippen LogP contribution in [0.15, 0.2) is 42.6 Å². The molecule has 0 bridgehead atoms. The molecule has 7 heteroatoms. The number of aryl methyl sites for hydroxylation is 2. The molecule has 0 radical (unpaired) electrons. The van der Waals surface area contributed by atoms with Crippen LogP contribution in [0, 0.1) is 12.7 Å². The molecule has 2 aromatic carbocycles. The van der Waals surface area contributed by atoms with Crippen LogP contribution in [0.25, 0.3) is 10.8 Å². The number of halogens is 4. The van der Waals surface area contributed by atoms with E-state index in [-0.39, 0.29) is 6.42 Å². The molecule has 1 aliphatic rings. The van der Waals surface area contributed by atoms with Crippen molar-refractivity contribution in [3.05, 3.63) is 70.8 Å². The smallest absolute Gasteiger partial charge is 0.417 e. The van der Waals surface area contributed by atoms with Gasteiger partial charge < -0.3 is 9.84 Å². The Morgan fingerprint density at radius 3 is 2.61 bits per heavy atom. The van der Waals surface area contributed by atoms with Crippen molar-refractivity contribution in [2.75, 3.05) is 6.61 Å². The fourth-order valence-corrected chi connectivity index (χ4v) is 4.83. The van der Waals surface area contributed by atoms with Crippen LogP contribution in [0.4, 0.5) is 17.6 Å². The van der Waals surface area contributed by atoms with Crippen LogP contribution in [0.2, 0.25) is 0 Å². The van der Waals surface area contributed by atoms with Gasteiger partial charge in [0.15, 0.2) is 5.60 Å². The summed E-state index contributed by atoms with van der Waals surface area (Å²) in [6.45, 7) is 5.37. The lowest BCUT2D eigenvalue weighted by atomic mass is 9.72. The average molecular weight is 461 g/mol. The quantitative estimate of drug-likeness (QED) is 0.444. The van der Waals surface area contributed by atoms with E-state index >= 15 is 0 Å². The highest BCUT2D eigenvalue weighted by atomic mass is 19.4. The van der Waals surface area contributed by atoms with Gasteiger partial charge in [-0.05, 0) is 60.7 Å². The predicted molar refractivity (Wildman–Crippen MR) is 119 cm³/mol. The van der Waals surface area contributed by atoms with Crippen LogP contribution in [-0.4, -0.2) is 28.5 Å². The van der Waals surface area contributed by atoms with E-state index < -0.39 is 35.9 Å². The number of ether oxygens (including phenoxy) is 1. The van der Waals surface area contributed by atoms with Crippen molar-refractivity contribution in [2.45, 2.75) is 63.6 Å². The van der Waals surface area contributed by atoms with Crippen LogP contribution in [-0.2, 0) is 18.3 Å². The molecule has 1 aromatic heterocycles. The third-order valence-electron chi connectivity index (χ3n) is 6.54. The number of nitrogens with zero attached hydrogens (tertiary/aromatic N) is 1. The Bertz CT molecular complexity index is 1190. The zero-order valence-electron chi connectivity index (χ0n) is 18.9. The maximum Gasteiger partial charge on any atom is 0.417 e. The van der Waals surface area contributed by atoms with Crippen LogP contribution in [0.3, 0.4) is 0 Å². The number of fused-ring (bicyclic) bond motifs is 2. The highest BCUT2D eigenvalue weighted by molar-refractivity contribution is 5.85. The van der Waals surface area contributed by atoms with Crippen LogP contribution >= 0.6 is 0 Å². The molecular formula is C26H27F4NO2. The van der Waals surface area contributed by atoms with Crippen LogP contribution < -0.4 is 4.74 Å². The minimum absolute atomic E-state index is 0.0324. The normalized spacial score (nSPS) is 15.9. The van der Waals surface area contributed by atoms with Gasteiger partial charge in [0.25, 0.3) is 0 Å². The Labute approximate surface area is 190 Å². The molecule has 0 unspecified atom stereocenters. The topological polar surface area (TPSA) is 42.4 Å². The van der Waals surface area contributed by atoms with Crippen molar-refractivity contribution in [2.24, 2.45) is 0 Å². The number of pyridine rings is 1. The Kier molecular flexibility index (Phi) is 5.89. The monoisotopic (exact) mass is 461 g/mol. The number of alkyl halides is 3. The first-order valence-electron chi connectivity index (χ1n) is 11.0. The van der Waals surface area contributed by atoms with Crippen molar-refractivity contribution in [1.82, 2.24) is 4.98 Å². The highest BCUT2D eigenvalue weighted by Gasteiger charge is 2.55. The molecule has 1 aliphatic heterocycles. The fraction of sp³-hybridized carbons (Fsp3) is 0.423. The molecule has 0 aliphatic carbocycles. The molecule has 2 heterocycles. The molecule has 176 valence electrons. The van der Waals surface area contributed by atoms with Gasteiger partial charge in [-0.3, -0.25) is 4.98 Å². The molecule has 1 atom stereocenters. The molecule has 0 fully saturated rings. The van der Waals surface area contributed by atoms with Gasteiger partial charge in [-0.1, -0.05) is 32.0 Å². The first-order chi connectivity index (χ1) is 15.4.